The molecule has 0 saturated heterocycles. The number of aromatic nitrogens is 2. The third-order valence-corrected chi connectivity index (χ3v) is 3.67. The van der Waals surface area contributed by atoms with E-state index < -0.39 is 0 Å². The molecular weight excluding hydrogens is 354 g/mol. The van der Waals surface area contributed by atoms with Gasteiger partial charge in [0.2, 0.25) is 3.83 Å². The van der Waals surface area contributed by atoms with Gasteiger partial charge in [0.1, 0.15) is 5.01 Å². The summed E-state index contributed by atoms with van der Waals surface area (Å²) < 4.78 is 4.81. The van der Waals surface area contributed by atoms with E-state index in [1.807, 2.05) is 6.07 Å². The molecule has 72 valence electrons. The van der Waals surface area contributed by atoms with E-state index >= 15 is 0 Å². The molecule has 0 fully saturated rings. The molecule has 0 aliphatic carbocycles. The van der Waals surface area contributed by atoms with Crippen LogP contribution in [0.25, 0.3) is 10.6 Å². The van der Waals surface area contributed by atoms with E-state index in [1.165, 1.54) is 11.5 Å². The Morgan fingerprint density at radius 1 is 1.29 bits per heavy atom. The van der Waals surface area contributed by atoms with Crippen molar-refractivity contribution in [2.24, 2.45) is 0 Å². The molecule has 6 heteroatoms. The Bertz CT molecular complexity index is 472. The molecule has 0 atom stereocenters. The van der Waals surface area contributed by atoms with Crippen LogP contribution in [-0.2, 0) is 0 Å². The second-order valence-corrected chi connectivity index (χ2v) is 5.05. The highest BCUT2D eigenvalue weighted by atomic mass is 127. The molecule has 0 aliphatic heterocycles. The first-order valence-corrected chi connectivity index (χ1v) is 6.22. The Hall–Kier alpha value is 0.0900. The number of hydrogen-bond acceptors (Lipinski definition) is 3. The summed E-state index contributed by atoms with van der Waals surface area (Å²) in [6.45, 7) is 0. The van der Waals surface area contributed by atoms with E-state index in [0.29, 0.717) is 10.0 Å². The minimum absolute atomic E-state index is 0.602. The lowest BCUT2D eigenvalue weighted by molar-refractivity contribution is 1.25. The maximum absolute atomic E-state index is 6.03. The van der Waals surface area contributed by atoms with E-state index in [4.69, 9.17) is 23.2 Å². The van der Waals surface area contributed by atoms with Crippen molar-refractivity contribution >= 4 is 57.3 Å². The Kier molecular flexibility index (Phi) is 3.26. The van der Waals surface area contributed by atoms with Crippen molar-refractivity contribution in [2.45, 2.75) is 0 Å². The average molecular weight is 357 g/mol. The standard InChI is InChI=1S/C8H3Cl2IN2S/c9-4-1-2-5(6(10)3-4)7-12-8(11)13-14-7/h1-3H. The van der Waals surface area contributed by atoms with Crippen molar-refractivity contribution in [3.63, 3.8) is 0 Å². The number of rotatable bonds is 1. The van der Waals surface area contributed by atoms with Crippen molar-refractivity contribution in [2.75, 3.05) is 0 Å². The predicted octanol–water partition coefficient (Wildman–Crippen LogP) is 4.12. The quantitative estimate of drug-likeness (QED) is 0.718. The molecule has 0 amide bonds. The molecular formula is C8H3Cl2IN2S. The van der Waals surface area contributed by atoms with Gasteiger partial charge in [-0.15, -0.1) is 0 Å². The van der Waals surface area contributed by atoms with Gasteiger partial charge in [-0.1, -0.05) is 23.2 Å². The third-order valence-electron chi connectivity index (χ3n) is 1.56. The summed E-state index contributed by atoms with van der Waals surface area (Å²) in [6.07, 6.45) is 0. The Morgan fingerprint density at radius 3 is 2.64 bits per heavy atom. The maximum Gasteiger partial charge on any atom is 0.203 e. The molecule has 0 radical (unpaired) electrons. The van der Waals surface area contributed by atoms with Gasteiger partial charge in [0, 0.05) is 33.2 Å². The van der Waals surface area contributed by atoms with Crippen LogP contribution >= 0.6 is 57.3 Å². The minimum Gasteiger partial charge on any atom is -0.210 e. The van der Waals surface area contributed by atoms with Crippen LogP contribution in [0.3, 0.4) is 0 Å². The highest BCUT2D eigenvalue weighted by Gasteiger charge is 2.08. The van der Waals surface area contributed by atoms with Crippen LogP contribution < -0.4 is 0 Å². The van der Waals surface area contributed by atoms with Crippen LogP contribution in [0.1, 0.15) is 0 Å². The van der Waals surface area contributed by atoms with Crippen LogP contribution in [0, 0.1) is 3.83 Å². The second-order valence-electron chi connectivity index (χ2n) is 2.49. The Labute approximate surface area is 109 Å². The lowest BCUT2D eigenvalue weighted by atomic mass is 10.2. The predicted molar refractivity (Wildman–Crippen MR) is 68.1 cm³/mol. The molecule has 0 N–H and O–H groups in total. The fourth-order valence-corrected chi connectivity index (χ4v) is 2.84. The van der Waals surface area contributed by atoms with Crippen LogP contribution in [-0.4, -0.2) is 9.36 Å². The SMILES string of the molecule is Clc1ccc(-c2nc(I)ns2)c(Cl)c1. The number of nitrogens with zero attached hydrogens (tertiary/aromatic N) is 2. The van der Waals surface area contributed by atoms with Crippen LogP contribution in [0.15, 0.2) is 18.2 Å². The first-order chi connectivity index (χ1) is 6.66. The number of benzene rings is 1. The zero-order valence-corrected chi connectivity index (χ0v) is 11.2. The van der Waals surface area contributed by atoms with Gasteiger partial charge < -0.3 is 0 Å². The molecule has 2 aromatic rings. The number of halogens is 3. The van der Waals surface area contributed by atoms with E-state index in [-0.39, 0.29) is 0 Å². The molecule has 0 spiro atoms. The van der Waals surface area contributed by atoms with Crippen molar-refractivity contribution in [1.29, 1.82) is 0 Å². The van der Waals surface area contributed by atoms with Crippen molar-refractivity contribution < 1.29 is 0 Å². The molecule has 2 rings (SSSR count). The summed E-state index contributed by atoms with van der Waals surface area (Å²) in [7, 11) is 0. The summed E-state index contributed by atoms with van der Waals surface area (Å²) in [6, 6.07) is 5.34. The first kappa shape index (κ1) is 10.6. The molecule has 0 bridgehead atoms. The average Bonchev–Trinajstić information content (AvgIpc) is 2.51. The normalized spacial score (nSPS) is 10.5. The topological polar surface area (TPSA) is 25.8 Å². The maximum atomic E-state index is 6.03. The smallest absolute Gasteiger partial charge is 0.203 e. The van der Waals surface area contributed by atoms with Crippen molar-refractivity contribution in [1.82, 2.24) is 9.36 Å². The van der Waals surface area contributed by atoms with Gasteiger partial charge in [-0.05, 0) is 29.7 Å². The van der Waals surface area contributed by atoms with Gasteiger partial charge in [0.25, 0.3) is 0 Å². The van der Waals surface area contributed by atoms with E-state index in [9.17, 15) is 0 Å². The number of hydrogen-bond donors (Lipinski definition) is 0. The van der Waals surface area contributed by atoms with Crippen LogP contribution in [0.4, 0.5) is 0 Å². The summed E-state index contributed by atoms with van der Waals surface area (Å²) in [4.78, 5) is 4.24. The third kappa shape index (κ3) is 2.18. The van der Waals surface area contributed by atoms with Gasteiger partial charge in [-0.2, -0.15) is 4.37 Å². The van der Waals surface area contributed by atoms with E-state index in [2.05, 4.69) is 31.9 Å². The van der Waals surface area contributed by atoms with E-state index in [0.717, 1.165) is 14.4 Å². The monoisotopic (exact) mass is 356 g/mol. The molecule has 0 unspecified atom stereocenters. The fourth-order valence-electron chi connectivity index (χ4n) is 0.978. The van der Waals surface area contributed by atoms with Gasteiger partial charge >= 0.3 is 0 Å². The Morgan fingerprint density at radius 2 is 2.07 bits per heavy atom. The Balaban J connectivity index is 2.52. The summed E-state index contributed by atoms with van der Waals surface area (Å²) in [5.41, 5.74) is 0.872. The van der Waals surface area contributed by atoms with Gasteiger partial charge in [0.15, 0.2) is 0 Å². The molecule has 0 aliphatic rings. The molecule has 1 heterocycles. The lowest BCUT2D eigenvalue weighted by Crippen LogP contribution is -1.79. The summed E-state index contributed by atoms with van der Waals surface area (Å²) in [5, 5.41) is 2.04. The minimum atomic E-state index is 0.602. The first-order valence-electron chi connectivity index (χ1n) is 3.61. The fraction of sp³-hybridized carbons (Fsp3) is 0. The largest absolute Gasteiger partial charge is 0.210 e. The molecule has 2 nitrogen and oxygen atoms in total. The molecule has 1 aromatic carbocycles. The summed E-state index contributed by atoms with van der Waals surface area (Å²) in [5.74, 6) is 0. The zero-order chi connectivity index (χ0) is 10.1. The van der Waals surface area contributed by atoms with E-state index in [1.54, 1.807) is 12.1 Å². The van der Waals surface area contributed by atoms with Gasteiger partial charge in [-0.25, -0.2) is 4.98 Å². The highest BCUT2D eigenvalue weighted by Crippen LogP contribution is 2.31. The second kappa shape index (κ2) is 4.30. The molecule has 1 aromatic heterocycles. The zero-order valence-electron chi connectivity index (χ0n) is 6.67. The molecule has 0 saturated carbocycles. The van der Waals surface area contributed by atoms with Crippen molar-refractivity contribution in [3.8, 4) is 10.6 Å². The van der Waals surface area contributed by atoms with Crippen LogP contribution in [0.2, 0.25) is 10.0 Å². The molecule has 14 heavy (non-hydrogen) atoms. The van der Waals surface area contributed by atoms with Gasteiger partial charge in [-0.3, -0.25) is 0 Å². The van der Waals surface area contributed by atoms with Gasteiger partial charge in [0.05, 0.1) is 5.02 Å². The lowest BCUT2D eigenvalue weighted by Gasteiger charge is -1.98. The van der Waals surface area contributed by atoms with Crippen molar-refractivity contribution in [3.05, 3.63) is 32.1 Å². The summed E-state index contributed by atoms with van der Waals surface area (Å²) >= 11 is 15.2. The van der Waals surface area contributed by atoms with Crippen LogP contribution in [0.5, 0.6) is 0 Å². The highest BCUT2D eigenvalue weighted by molar-refractivity contribution is 14.1.